The summed E-state index contributed by atoms with van der Waals surface area (Å²) in [5, 5.41) is 2.94. The maximum absolute atomic E-state index is 13.4. The largest absolute Gasteiger partial charge is 0.497 e. The molecule has 1 amide bonds. The van der Waals surface area contributed by atoms with Crippen molar-refractivity contribution in [3.05, 3.63) is 42.0 Å². The average molecular weight is 493 g/mol. The molecule has 2 aromatic rings. The van der Waals surface area contributed by atoms with E-state index in [1.165, 1.54) is 24.6 Å². The van der Waals surface area contributed by atoms with Crippen LogP contribution in [0.25, 0.3) is 0 Å². The third-order valence-electron chi connectivity index (χ3n) is 5.90. The zero-order valence-electron chi connectivity index (χ0n) is 20.0. The maximum Gasteiger partial charge on any atom is 0.246 e. The molecule has 1 aliphatic heterocycles. The number of rotatable bonds is 10. The summed E-state index contributed by atoms with van der Waals surface area (Å²) in [4.78, 5) is 12.9. The number of hydrogen-bond donors (Lipinski definition) is 1. The molecule has 3 rings (SSSR count). The van der Waals surface area contributed by atoms with Crippen LogP contribution in [0, 0.1) is 5.92 Å². The molecule has 186 valence electrons. The monoisotopic (exact) mass is 492 g/mol. The van der Waals surface area contributed by atoms with E-state index in [1.54, 1.807) is 26.4 Å². The van der Waals surface area contributed by atoms with E-state index in [4.69, 9.17) is 18.9 Å². The Bertz CT molecular complexity index is 1100. The van der Waals surface area contributed by atoms with E-state index in [1.807, 2.05) is 18.2 Å². The summed E-state index contributed by atoms with van der Waals surface area (Å²) in [6, 6.07) is 10.3. The van der Waals surface area contributed by atoms with E-state index in [0.29, 0.717) is 49.6 Å². The van der Waals surface area contributed by atoms with Crippen molar-refractivity contribution in [2.75, 3.05) is 48.1 Å². The third kappa shape index (κ3) is 5.74. The van der Waals surface area contributed by atoms with Crippen molar-refractivity contribution in [3.8, 4) is 23.0 Å². The Morgan fingerprint density at radius 3 is 2.35 bits per heavy atom. The van der Waals surface area contributed by atoms with Gasteiger partial charge < -0.3 is 24.3 Å². The second-order valence-electron chi connectivity index (χ2n) is 7.95. The van der Waals surface area contributed by atoms with Crippen molar-refractivity contribution in [2.24, 2.45) is 5.92 Å². The molecule has 0 aliphatic carbocycles. The predicted molar refractivity (Wildman–Crippen MR) is 127 cm³/mol. The van der Waals surface area contributed by atoms with Crippen molar-refractivity contribution in [2.45, 2.75) is 24.2 Å². The Morgan fingerprint density at radius 2 is 1.68 bits per heavy atom. The van der Waals surface area contributed by atoms with Gasteiger partial charge in [-0.3, -0.25) is 4.79 Å². The second kappa shape index (κ2) is 11.4. The zero-order valence-corrected chi connectivity index (χ0v) is 20.8. The molecule has 2 aromatic carbocycles. The van der Waals surface area contributed by atoms with Crippen LogP contribution in [-0.2, 0) is 21.2 Å². The van der Waals surface area contributed by atoms with E-state index in [0.717, 1.165) is 5.56 Å². The lowest BCUT2D eigenvalue weighted by atomic mass is 9.99. The number of piperidine rings is 1. The number of hydrogen-bond acceptors (Lipinski definition) is 7. The first-order chi connectivity index (χ1) is 16.3. The van der Waals surface area contributed by atoms with Crippen molar-refractivity contribution in [3.63, 3.8) is 0 Å². The number of benzene rings is 2. The first-order valence-corrected chi connectivity index (χ1v) is 12.5. The highest BCUT2D eigenvalue weighted by atomic mass is 32.2. The van der Waals surface area contributed by atoms with Crippen LogP contribution < -0.4 is 24.3 Å². The van der Waals surface area contributed by atoms with Crippen molar-refractivity contribution in [1.29, 1.82) is 0 Å². The second-order valence-corrected chi connectivity index (χ2v) is 9.86. The Kier molecular flexibility index (Phi) is 8.62. The fourth-order valence-corrected chi connectivity index (χ4v) is 5.70. The number of ether oxygens (including phenoxy) is 4. The molecule has 1 atom stereocenters. The summed E-state index contributed by atoms with van der Waals surface area (Å²) < 4.78 is 49.1. The first-order valence-electron chi connectivity index (χ1n) is 11.0. The molecule has 0 spiro atoms. The van der Waals surface area contributed by atoms with Gasteiger partial charge in [-0.2, -0.15) is 4.31 Å². The van der Waals surface area contributed by atoms with Crippen molar-refractivity contribution in [1.82, 2.24) is 9.62 Å². The molecule has 0 saturated carbocycles. The minimum absolute atomic E-state index is 0.0314. The normalized spacial score (nSPS) is 16.5. The van der Waals surface area contributed by atoms with Gasteiger partial charge in [0.1, 0.15) is 16.4 Å². The third-order valence-corrected chi connectivity index (χ3v) is 7.79. The minimum Gasteiger partial charge on any atom is -0.497 e. The fraction of sp³-hybridized carbons (Fsp3) is 0.458. The standard InChI is InChI=1S/C24H32N2O7S/c1-30-19-8-10-21(32-3)23(15-19)34(28,29)26-13-5-6-18(16-26)24(27)25-12-11-17-7-9-20(31-2)22(14-17)33-4/h7-10,14-15,18H,5-6,11-13,16H2,1-4H3,(H,25,27)/t18-/m0/s1. The van der Waals surface area contributed by atoms with Gasteiger partial charge in [0.2, 0.25) is 15.9 Å². The first kappa shape index (κ1) is 25.6. The minimum atomic E-state index is -3.86. The van der Waals surface area contributed by atoms with Gasteiger partial charge in [0.15, 0.2) is 11.5 Å². The summed E-state index contributed by atoms with van der Waals surface area (Å²) in [6.07, 6.45) is 1.84. The van der Waals surface area contributed by atoms with Crippen LogP contribution in [0.4, 0.5) is 0 Å². The van der Waals surface area contributed by atoms with Crippen LogP contribution in [0.2, 0.25) is 0 Å². The number of amides is 1. The molecule has 0 bridgehead atoms. The molecule has 1 aliphatic rings. The van der Waals surface area contributed by atoms with E-state index >= 15 is 0 Å². The number of methoxy groups -OCH3 is 4. The number of carbonyl (C=O) groups is 1. The summed E-state index contributed by atoms with van der Waals surface area (Å²) in [5.41, 5.74) is 0.996. The van der Waals surface area contributed by atoms with Gasteiger partial charge in [0.05, 0.1) is 34.4 Å². The summed E-state index contributed by atoms with van der Waals surface area (Å²) >= 11 is 0. The molecule has 1 N–H and O–H groups in total. The number of carbonyl (C=O) groups excluding carboxylic acids is 1. The molecular formula is C24H32N2O7S. The zero-order chi connectivity index (χ0) is 24.7. The molecule has 0 radical (unpaired) electrons. The van der Waals surface area contributed by atoms with Crippen LogP contribution in [0.1, 0.15) is 18.4 Å². The molecule has 10 heteroatoms. The molecular weight excluding hydrogens is 460 g/mol. The van der Waals surface area contributed by atoms with Crippen LogP contribution in [-0.4, -0.2) is 66.7 Å². The van der Waals surface area contributed by atoms with Crippen molar-refractivity contribution < 1.29 is 32.2 Å². The van der Waals surface area contributed by atoms with Gasteiger partial charge in [-0.25, -0.2) is 8.42 Å². The van der Waals surface area contributed by atoms with Crippen LogP contribution in [0.15, 0.2) is 41.3 Å². The van der Waals surface area contributed by atoms with Crippen LogP contribution in [0.3, 0.4) is 0 Å². The molecule has 0 unspecified atom stereocenters. The molecule has 9 nitrogen and oxygen atoms in total. The summed E-state index contributed by atoms with van der Waals surface area (Å²) in [6.45, 7) is 0.893. The quantitative estimate of drug-likeness (QED) is 0.543. The van der Waals surface area contributed by atoms with Gasteiger partial charge in [0, 0.05) is 25.7 Å². The van der Waals surface area contributed by atoms with Crippen LogP contribution >= 0.6 is 0 Å². The van der Waals surface area contributed by atoms with E-state index < -0.39 is 15.9 Å². The Balaban J connectivity index is 1.64. The van der Waals surface area contributed by atoms with Gasteiger partial charge in [0.25, 0.3) is 0 Å². The lowest BCUT2D eigenvalue weighted by Gasteiger charge is -2.31. The fourth-order valence-electron chi connectivity index (χ4n) is 4.01. The van der Waals surface area contributed by atoms with Gasteiger partial charge >= 0.3 is 0 Å². The Morgan fingerprint density at radius 1 is 0.971 bits per heavy atom. The summed E-state index contributed by atoms with van der Waals surface area (Å²) in [5.74, 6) is 1.35. The molecule has 1 fully saturated rings. The lowest BCUT2D eigenvalue weighted by molar-refractivity contribution is -0.126. The van der Waals surface area contributed by atoms with Gasteiger partial charge in [-0.05, 0) is 49.1 Å². The van der Waals surface area contributed by atoms with Crippen molar-refractivity contribution >= 4 is 15.9 Å². The van der Waals surface area contributed by atoms with Gasteiger partial charge in [-0.1, -0.05) is 6.07 Å². The highest BCUT2D eigenvalue weighted by Crippen LogP contribution is 2.33. The number of sulfonamides is 1. The topological polar surface area (TPSA) is 103 Å². The highest BCUT2D eigenvalue weighted by molar-refractivity contribution is 7.89. The Labute approximate surface area is 201 Å². The molecule has 1 saturated heterocycles. The van der Waals surface area contributed by atoms with E-state index in [9.17, 15) is 13.2 Å². The molecule has 1 heterocycles. The average Bonchev–Trinajstić information content (AvgIpc) is 2.88. The predicted octanol–water partition coefficient (Wildman–Crippen LogP) is 2.48. The molecule has 34 heavy (non-hydrogen) atoms. The SMILES string of the molecule is COc1ccc(OC)c(S(=O)(=O)N2CCC[C@H](C(=O)NCCc3ccc(OC)c(OC)c3)C2)c1. The summed E-state index contributed by atoms with van der Waals surface area (Å²) in [7, 11) is 2.19. The lowest BCUT2D eigenvalue weighted by Crippen LogP contribution is -2.45. The number of nitrogens with one attached hydrogen (secondary N) is 1. The Hall–Kier alpha value is -2.98. The smallest absolute Gasteiger partial charge is 0.246 e. The highest BCUT2D eigenvalue weighted by Gasteiger charge is 2.35. The van der Waals surface area contributed by atoms with Gasteiger partial charge in [-0.15, -0.1) is 0 Å². The van der Waals surface area contributed by atoms with E-state index in [-0.39, 0.29) is 23.1 Å². The number of nitrogens with zero attached hydrogens (tertiary/aromatic N) is 1. The van der Waals surface area contributed by atoms with Crippen LogP contribution in [0.5, 0.6) is 23.0 Å². The molecule has 0 aromatic heterocycles. The maximum atomic E-state index is 13.4. The van der Waals surface area contributed by atoms with E-state index in [2.05, 4.69) is 5.32 Å².